The predicted molar refractivity (Wildman–Crippen MR) is 60.9 cm³/mol. The zero-order chi connectivity index (χ0) is 11.3. The highest BCUT2D eigenvalue weighted by Crippen LogP contribution is 2.04. The van der Waals surface area contributed by atoms with Crippen LogP contribution in [0.3, 0.4) is 0 Å². The molecule has 0 aliphatic heterocycles. The minimum absolute atomic E-state index is 0.344. The summed E-state index contributed by atoms with van der Waals surface area (Å²) in [6.45, 7) is 8.33. The lowest BCUT2D eigenvalue weighted by atomic mass is 10.3. The van der Waals surface area contributed by atoms with E-state index in [0.717, 1.165) is 24.4 Å². The smallest absolute Gasteiger partial charge is 0.0952 e. The van der Waals surface area contributed by atoms with Crippen molar-refractivity contribution >= 4 is 0 Å². The van der Waals surface area contributed by atoms with Crippen LogP contribution < -0.4 is 5.32 Å². The van der Waals surface area contributed by atoms with Crippen LogP contribution in [0.25, 0.3) is 0 Å². The van der Waals surface area contributed by atoms with Gasteiger partial charge in [-0.3, -0.25) is 0 Å². The Balaban J connectivity index is 2.37. The van der Waals surface area contributed by atoms with Crippen molar-refractivity contribution in [2.24, 2.45) is 0 Å². The molecule has 1 aromatic rings. The lowest BCUT2D eigenvalue weighted by molar-refractivity contribution is 0.151. The van der Waals surface area contributed by atoms with Crippen molar-refractivity contribution in [1.82, 2.24) is 14.9 Å². The van der Waals surface area contributed by atoms with Gasteiger partial charge in [-0.05, 0) is 26.8 Å². The number of imidazole rings is 1. The van der Waals surface area contributed by atoms with Gasteiger partial charge in [0.05, 0.1) is 24.7 Å². The number of aromatic nitrogens is 2. The first kappa shape index (κ1) is 12.2. The summed E-state index contributed by atoms with van der Waals surface area (Å²) in [5.41, 5.74) is 2.16. The quantitative estimate of drug-likeness (QED) is 0.686. The molecule has 1 atom stereocenters. The summed E-state index contributed by atoms with van der Waals surface area (Å²) in [6, 6.07) is 0. The van der Waals surface area contributed by atoms with Crippen LogP contribution in [0.4, 0.5) is 0 Å². The second kappa shape index (κ2) is 5.88. The maximum Gasteiger partial charge on any atom is 0.0952 e. The molecule has 4 heteroatoms. The summed E-state index contributed by atoms with van der Waals surface area (Å²) < 4.78 is 1.99. The van der Waals surface area contributed by atoms with Gasteiger partial charge in [-0.15, -0.1) is 0 Å². The fraction of sp³-hybridized carbons (Fsp3) is 0.727. The van der Waals surface area contributed by atoms with Crippen LogP contribution in [0.5, 0.6) is 0 Å². The number of hydrogen-bond acceptors (Lipinski definition) is 3. The van der Waals surface area contributed by atoms with Crippen LogP contribution in [-0.2, 0) is 6.54 Å². The largest absolute Gasteiger partial charge is 0.390 e. The van der Waals surface area contributed by atoms with Gasteiger partial charge in [0.1, 0.15) is 0 Å². The second-order valence-electron chi connectivity index (χ2n) is 3.93. The Kier molecular flexibility index (Phi) is 4.78. The number of aryl methyl sites for hydroxylation is 1. The molecular weight excluding hydrogens is 190 g/mol. The molecule has 0 aliphatic rings. The van der Waals surface area contributed by atoms with Crippen molar-refractivity contribution in [1.29, 1.82) is 0 Å². The molecule has 0 radical (unpaired) electrons. The average Bonchev–Trinajstić information content (AvgIpc) is 2.50. The SMILES string of the molecule is CCCNCC(O)Cn1cnc(C)c1C. The molecule has 1 unspecified atom stereocenters. The lowest BCUT2D eigenvalue weighted by Crippen LogP contribution is -2.30. The minimum atomic E-state index is -0.344. The number of hydrogen-bond donors (Lipinski definition) is 2. The van der Waals surface area contributed by atoms with Gasteiger partial charge in [0, 0.05) is 12.2 Å². The molecule has 1 aromatic heterocycles. The first-order chi connectivity index (χ1) is 7.15. The van der Waals surface area contributed by atoms with Crippen LogP contribution in [0.15, 0.2) is 6.33 Å². The molecule has 1 heterocycles. The number of aliphatic hydroxyl groups excluding tert-OH is 1. The van der Waals surface area contributed by atoms with E-state index in [0.29, 0.717) is 13.1 Å². The summed E-state index contributed by atoms with van der Waals surface area (Å²) >= 11 is 0. The van der Waals surface area contributed by atoms with E-state index >= 15 is 0 Å². The Morgan fingerprint density at radius 2 is 2.27 bits per heavy atom. The molecule has 15 heavy (non-hydrogen) atoms. The van der Waals surface area contributed by atoms with Crippen molar-refractivity contribution in [3.63, 3.8) is 0 Å². The maximum absolute atomic E-state index is 9.75. The zero-order valence-corrected chi connectivity index (χ0v) is 9.82. The van der Waals surface area contributed by atoms with E-state index in [1.807, 2.05) is 18.4 Å². The third-order valence-corrected chi connectivity index (χ3v) is 2.56. The highest BCUT2D eigenvalue weighted by Gasteiger charge is 2.07. The fourth-order valence-electron chi connectivity index (χ4n) is 1.47. The molecule has 0 aromatic carbocycles. The number of rotatable bonds is 6. The first-order valence-electron chi connectivity index (χ1n) is 5.52. The number of aliphatic hydroxyl groups is 1. The van der Waals surface area contributed by atoms with Crippen molar-refractivity contribution in [2.45, 2.75) is 39.8 Å². The predicted octanol–water partition coefficient (Wildman–Crippen LogP) is 0.860. The molecule has 1 rings (SSSR count). The molecule has 0 bridgehead atoms. The van der Waals surface area contributed by atoms with E-state index in [1.54, 1.807) is 6.33 Å². The molecule has 0 amide bonds. The molecule has 0 spiro atoms. The summed E-state index contributed by atoms with van der Waals surface area (Å²) in [6.07, 6.45) is 2.53. The molecule has 86 valence electrons. The Labute approximate surface area is 91.3 Å². The Morgan fingerprint density at radius 1 is 1.53 bits per heavy atom. The monoisotopic (exact) mass is 211 g/mol. The van der Waals surface area contributed by atoms with Gasteiger partial charge in [-0.25, -0.2) is 4.98 Å². The van der Waals surface area contributed by atoms with Gasteiger partial charge in [0.2, 0.25) is 0 Å². The highest BCUT2D eigenvalue weighted by atomic mass is 16.3. The van der Waals surface area contributed by atoms with Crippen LogP contribution in [-0.4, -0.2) is 33.9 Å². The van der Waals surface area contributed by atoms with Crippen molar-refractivity contribution in [3.05, 3.63) is 17.7 Å². The molecule has 2 N–H and O–H groups in total. The van der Waals surface area contributed by atoms with E-state index in [1.165, 1.54) is 0 Å². The van der Waals surface area contributed by atoms with E-state index in [9.17, 15) is 5.11 Å². The summed E-state index contributed by atoms with van der Waals surface area (Å²) in [5, 5.41) is 12.9. The Hall–Kier alpha value is -0.870. The number of nitrogens with one attached hydrogen (secondary N) is 1. The van der Waals surface area contributed by atoms with Gasteiger partial charge in [-0.1, -0.05) is 6.92 Å². The lowest BCUT2D eigenvalue weighted by Gasteiger charge is -2.13. The molecule has 0 saturated heterocycles. The second-order valence-corrected chi connectivity index (χ2v) is 3.93. The zero-order valence-electron chi connectivity index (χ0n) is 9.82. The van der Waals surface area contributed by atoms with Crippen LogP contribution >= 0.6 is 0 Å². The molecule has 0 aliphatic carbocycles. The molecule has 0 fully saturated rings. The van der Waals surface area contributed by atoms with E-state index in [-0.39, 0.29) is 6.10 Å². The normalized spacial score (nSPS) is 13.1. The standard InChI is InChI=1S/C11H21N3O/c1-4-5-12-6-11(15)7-14-8-13-9(2)10(14)3/h8,11-12,15H,4-7H2,1-3H3. The fourth-order valence-corrected chi connectivity index (χ4v) is 1.47. The van der Waals surface area contributed by atoms with E-state index in [2.05, 4.69) is 17.2 Å². The van der Waals surface area contributed by atoms with Gasteiger partial charge < -0.3 is 15.0 Å². The van der Waals surface area contributed by atoms with Gasteiger partial charge >= 0.3 is 0 Å². The summed E-state index contributed by atoms with van der Waals surface area (Å²) in [5.74, 6) is 0. The van der Waals surface area contributed by atoms with Crippen LogP contribution in [0.1, 0.15) is 24.7 Å². The number of nitrogens with zero attached hydrogens (tertiary/aromatic N) is 2. The Morgan fingerprint density at radius 3 is 2.80 bits per heavy atom. The first-order valence-corrected chi connectivity index (χ1v) is 5.52. The highest BCUT2D eigenvalue weighted by molar-refractivity contribution is 5.08. The topological polar surface area (TPSA) is 50.1 Å². The summed E-state index contributed by atoms with van der Waals surface area (Å²) in [4.78, 5) is 4.20. The minimum Gasteiger partial charge on any atom is -0.390 e. The van der Waals surface area contributed by atoms with Gasteiger partial charge in [0.15, 0.2) is 0 Å². The Bertz CT molecular complexity index is 296. The average molecular weight is 211 g/mol. The van der Waals surface area contributed by atoms with Crippen LogP contribution in [0, 0.1) is 13.8 Å². The van der Waals surface area contributed by atoms with Crippen LogP contribution in [0.2, 0.25) is 0 Å². The molecule has 0 saturated carbocycles. The summed E-state index contributed by atoms with van der Waals surface area (Å²) in [7, 11) is 0. The van der Waals surface area contributed by atoms with Gasteiger partial charge in [0.25, 0.3) is 0 Å². The van der Waals surface area contributed by atoms with Gasteiger partial charge in [-0.2, -0.15) is 0 Å². The van der Waals surface area contributed by atoms with Crippen molar-refractivity contribution < 1.29 is 5.11 Å². The van der Waals surface area contributed by atoms with E-state index < -0.39 is 0 Å². The molecular formula is C11H21N3O. The third-order valence-electron chi connectivity index (χ3n) is 2.56. The third kappa shape index (κ3) is 3.64. The maximum atomic E-state index is 9.75. The van der Waals surface area contributed by atoms with E-state index in [4.69, 9.17) is 0 Å². The molecule has 4 nitrogen and oxygen atoms in total. The van der Waals surface area contributed by atoms with Crippen molar-refractivity contribution in [2.75, 3.05) is 13.1 Å². The van der Waals surface area contributed by atoms with Crippen molar-refractivity contribution in [3.8, 4) is 0 Å².